The van der Waals surface area contributed by atoms with Crippen LogP contribution in [0.3, 0.4) is 0 Å². The van der Waals surface area contributed by atoms with Gasteiger partial charge < -0.3 is 15.4 Å². The van der Waals surface area contributed by atoms with Crippen molar-refractivity contribution in [2.24, 2.45) is 0 Å². The van der Waals surface area contributed by atoms with Crippen LogP contribution in [-0.4, -0.2) is 28.2 Å². The third kappa shape index (κ3) is 4.40. The number of rotatable bonds is 6. The smallest absolute Gasteiger partial charge is 0.338 e. The number of hydrogen-bond donors (Lipinski definition) is 2. The number of nitrogens with one attached hydrogen (secondary N) is 2. The van der Waals surface area contributed by atoms with Gasteiger partial charge in [-0.05, 0) is 25.0 Å². The van der Waals surface area contributed by atoms with E-state index < -0.39 is 18.0 Å². The molecule has 9 heteroatoms. The molecule has 1 aliphatic heterocycles. The molecule has 182 valence electrons. The predicted molar refractivity (Wildman–Crippen MR) is 139 cm³/mol. The van der Waals surface area contributed by atoms with Gasteiger partial charge in [-0.1, -0.05) is 60.2 Å². The zero-order chi connectivity index (χ0) is 25.2. The minimum Gasteiger partial charge on any atom is -0.463 e. The zero-order valence-electron chi connectivity index (χ0n) is 19.8. The molecule has 0 radical (unpaired) electrons. The highest BCUT2D eigenvalue weighted by molar-refractivity contribution is 7.17. The van der Waals surface area contributed by atoms with Crippen molar-refractivity contribution in [3.8, 4) is 11.1 Å². The third-order valence-electron chi connectivity index (χ3n) is 6.03. The summed E-state index contributed by atoms with van der Waals surface area (Å²) in [6, 6.07) is 15.9. The lowest BCUT2D eigenvalue weighted by molar-refractivity contribution is -0.139. The van der Waals surface area contributed by atoms with E-state index in [1.54, 1.807) is 6.92 Å². The number of hydrogen-bond acceptors (Lipinski definition) is 6. The van der Waals surface area contributed by atoms with Crippen LogP contribution < -0.4 is 16.2 Å². The van der Waals surface area contributed by atoms with Crippen LogP contribution >= 0.6 is 11.3 Å². The molecule has 2 aromatic carbocycles. The largest absolute Gasteiger partial charge is 0.463 e. The number of nitrogens with zero attached hydrogens (tertiary/aromatic N) is 2. The van der Waals surface area contributed by atoms with Gasteiger partial charge in [-0.3, -0.25) is 9.36 Å². The SMILES string of the molecule is CCOC(=O)C1=C(Cn2cnc3scc(-c4ccc(C)cc4)c3c2=O)NC(=O)NC1c1ccccc1. The standard InChI is InChI=1S/C27H24N4O4S/c1-3-35-26(33)22-20(29-27(34)30-23(22)18-7-5-4-6-8-18)13-31-15-28-24-21(25(31)32)19(14-36-24)17-11-9-16(2)10-12-17/h4-12,14-15,23H,3,13H2,1-2H3,(H2,29,30,34). The van der Waals surface area contributed by atoms with Gasteiger partial charge in [0.05, 0.1) is 42.2 Å². The Bertz CT molecular complexity index is 1540. The molecule has 8 nitrogen and oxygen atoms in total. The van der Waals surface area contributed by atoms with E-state index >= 15 is 0 Å². The van der Waals surface area contributed by atoms with E-state index in [2.05, 4.69) is 15.6 Å². The Morgan fingerprint density at radius 2 is 1.86 bits per heavy atom. The fourth-order valence-corrected chi connectivity index (χ4v) is 5.19. The summed E-state index contributed by atoms with van der Waals surface area (Å²) in [6.45, 7) is 3.86. The van der Waals surface area contributed by atoms with Crippen molar-refractivity contribution in [3.63, 3.8) is 0 Å². The van der Waals surface area contributed by atoms with Crippen molar-refractivity contribution in [1.82, 2.24) is 20.2 Å². The minimum absolute atomic E-state index is 0.0458. The highest BCUT2D eigenvalue weighted by atomic mass is 32.1. The Morgan fingerprint density at radius 3 is 2.58 bits per heavy atom. The number of aromatic nitrogens is 2. The van der Waals surface area contributed by atoms with Crippen LogP contribution in [0.2, 0.25) is 0 Å². The Balaban J connectivity index is 1.62. The molecule has 3 heterocycles. The molecule has 2 amide bonds. The van der Waals surface area contributed by atoms with Gasteiger partial charge in [-0.25, -0.2) is 14.6 Å². The lowest BCUT2D eigenvalue weighted by Crippen LogP contribution is -2.47. The van der Waals surface area contributed by atoms with Gasteiger partial charge >= 0.3 is 12.0 Å². The van der Waals surface area contributed by atoms with Crippen LogP contribution in [0.4, 0.5) is 4.79 Å². The van der Waals surface area contributed by atoms with Gasteiger partial charge in [0.25, 0.3) is 5.56 Å². The first-order chi connectivity index (χ1) is 17.5. The molecule has 1 aliphatic rings. The Hall–Kier alpha value is -4.24. The van der Waals surface area contributed by atoms with Gasteiger partial charge in [0, 0.05) is 10.9 Å². The molecule has 4 aromatic rings. The van der Waals surface area contributed by atoms with E-state index in [4.69, 9.17) is 4.74 Å². The van der Waals surface area contributed by atoms with Crippen LogP contribution in [0.5, 0.6) is 0 Å². The summed E-state index contributed by atoms with van der Waals surface area (Å²) in [7, 11) is 0. The van der Waals surface area contributed by atoms with Crippen molar-refractivity contribution >= 4 is 33.6 Å². The molecule has 0 saturated heterocycles. The van der Waals surface area contributed by atoms with Crippen LogP contribution in [0.25, 0.3) is 21.3 Å². The van der Waals surface area contributed by atoms with Crippen molar-refractivity contribution < 1.29 is 14.3 Å². The number of aryl methyl sites for hydroxylation is 1. The van der Waals surface area contributed by atoms with Crippen molar-refractivity contribution in [1.29, 1.82) is 0 Å². The van der Waals surface area contributed by atoms with E-state index in [0.29, 0.717) is 15.9 Å². The van der Waals surface area contributed by atoms with E-state index in [1.807, 2.05) is 66.9 Å². The summed E-state index contributed by atoms with van der Waals surface area (Å²) >= 11 is 1.40. The maximum atomic E-state index is 13.6. The summed E-state index contributed by atoms with van der Waals surface area (Å²) in [5.74, 6) is -0.563. The fourth-order valence-electron chi connectivity index (χ4n) is 4.28. The van der Waals surface area contributed by atoms with Crippen LogP contribution in [-0.2, 0) is 16.1 Å². The number of thiophene rings is 1. The first-order valence-electron chi connectivity index (χ1n) is 11.5. The molecule has 0 fully saturated rings. The molecule has 1 atom stereocenters. The minimum atomic E-state index is -0.717. The van der Waals surface area contributed by atoms with Crippen LogP contribution in [0.1, 0.15) is 24.1 Å². The fraction of sp³-hybridized carbons (Fsp3) is 0.185. The Morgan fingerprint density at radius 1 is 1.11 bits per heavy atom. The third-order valence-corrected chi connectivity index (χ3v) is 6.92. The molecule has 5 rings (SSSR count). The molecular weight excluding hydrogens is 476 g/mol. The van der Waals surface area contributed by atoms with Gasteiger partial charge in [-0.15, -0.1) is 11.3 Å². The highest BCUT2D eigenvalue weighted by Gasteiger charge is 2.34. The second-order valence-electron chi connectivity index (χ2n) is 8.43. The number of amides is 2. The van der Waals surface area contributed by atoms with Gasteiger partial charge in [0.15, 0.2) is 0 Å². The summed E-state index contributed by atoms with van der Waals surface area (Å²) < 4.78 is 6.73. The average molecular weight is 501 g/mol. The first-order valence-corrected chi connectivity index (χ1v) is 12.4. The second-order valence-corrected chi connectivity index (χ2v) is 9.29. The summed E-state index contributed by atoms with van der Waals surface area (Å²) in [6.07, 6.45) is 1.45. The second kappa shape index (κ2) is 9.79. The molecule has 0 bridgehead atoms. The number of carbonyl (C=O) groups is 2. The first kappa shape index (κ1) is 23.5. The summed E-state index contributed by atoms with van der Waals surface area (Å²) in [5.41, 5.74) is 3.87. The van der Waals surface area contributed by atoms with Gasteiger partial charge in [-0.2, -0.15) is 0 Å². The average Bonchev–Trinajstić information content (AvgIpc) is 3.31. The van der Waals surface area contributed by atoms with E-state index in [1.165, 1.54) is 22.2 Å². The number of esters is 1. The Labute approximate surface area is 211 Å². The van der Waals surface area contributed by atoms with Crippen molar-refractivity contribution in [2.75, 3.05) is 6.61 Å². The molecule has 0 spiro atoms. The van der Waals surface area contributed by atoms with Crippen LogP contribution in [0.15, 0.2) is 82.4 Å². The van der Waals surface area contributed by atoms with Crippen molar-refractivity contribution in [2.45, 2.75) is 26.4 Å². The molecule has 2 N–H and O–H groups in total. The number of fused-ring (bicyclic) bond motifs is 1. The van der Waals surface area contributed by atoms with E-state index in [9.17, 15) is 14.4 Å². The predicted octanol–water partition coefficient (Wildman–Crippen LogP) is 4.30. The lowest BCUT2D eigenvalue weighted by Gasteiger charge is -2.29. The zero-order valence-corrected chi connectivity index (χ0v) is 20.6. The summed E-state index contributed by atoms with van der Waals surface area (Å²) in [4.78, 5) is 44.4. The molecule has 2 aromatic heterocycles. The topological polar surface area (TPSA) is 102 Å². The maximum absolute atomic E-state index is 13.6. The van der Waals surface area contributed by atoms with Gasteiger partial charge in [0.2, 0.25) is 0 Å². The van der Waals surface area contributed by atoms with Crippen molar-refractivity contribution in [3.05, 3.63) is 99.1 Å². The molecular formula is C27H24N4O4S. The monoisotopic (exact) mass is 500 g/mol. The number of benzene rings is 2. The van der Waals surface area contributed by atoms with Gasteiger partial charge in [0.1, 0.15) is 4.83 Å². The molecule has 1 unspecified atom stereocenters. The normalized spacial score (nSPS) is 15.5. The lowest BCUT2D eigenvalue weighted by atomic mass is 9.95. The highest BCUT2D eigenvalue weighted by Crippen LogP contribution is 2.31. The molecule has 0 saturated carbocycles. The Kier molecular flexibility index (Phi) is 6.39. The quantitative estimate of drug-likeness (QED) is 0.384. The molecule has 36 heavy (non-hydrogen) atoms. The van der Waals surface area contributed by atoms with Crippen LogP contribution in [0, 0.1) is 6.92 Å². The number of allylic oxidation sites excluding steroid dienone is 1. The summed E-state index contributed by atoms with van der Waals surface area (Å²) in [5, 5.41) is 7.95. The number of urea groups is 1. The number of ether oxygens (including phenoxy) is 1. The van der Waals surface area contributed by atoms with E-state index in [0.717, 1.165) is 22.3 Å². The maximum Gasteiger partial charge on any atom is 0.338 e. The number of carbonyl (C=O) groups excluding carboxylic acids is 2. The molecule has 0 aliphatic carbocycles. The van der Waals surface area contributed by atoms with E-state index in [-0.39, 0.29) is 24.3 Å².